The zero-order chi connectivity index (χ0) is 96.8. The lowest BCUT2D eigenvalue weighted by molar-refractivity contribution is -0.250. The molecule has 0 saturated heterocycles. The van der Waals surface area contributed by atoms with Crippen molar-refractivity contribution in [1.29, 1.82) is 0 Å². The van der Waals surface area contributed by atoms with E-state index in [0.29, 0.717) is 89.4 Å². The number of halogens is 5. The Labute approximate surface area is 839 Å². The molecule has 0 spiro atoms. The Bertz CT molecular complexity index is 5480. The van der Waals surface area contributed by atoms with Crippen LogP contribution in [0.2, 0.25) is 25.1 Å². The molecule has 0 unspecified atom stereocenters. The molecular formula is C105H154Cl5N17O7S2. The van der Waals surface area contributed by atoms with Crippen LogP contribution in [0, 0.1) is 17.6 Å². The van der Waals surface area contributed by atoms with Crippen molar-refractivity contribution in [3.8, 4) is 45.5 Å². The van der Waals surface area contributed by atoms with E-state index in [1.165, 1.54) is 281 Å². The fraction of sp³-hybridized carbons (Fsp3) is 0.590. The SMILES string of the molecule is CCCCCCCCCCCCCCCCCCOO/C=C(\NOCc1cc2nnc(-c3ccc(Cl)c(Cl)c3)n2[nH]1)C(C)C.CCCCCCCCCCCCCCCc1nn2c(=O)[nH]cnc2c1Cl.CCCCCCCCCCCCOc1ccc(-c2nc(=S)n3[nH]c(C)c(Cl)c3n2)cc1.CCCCCCCCCCCS(=O)(=O)Nc1ccc(-c2nn3c(c2Cl)NCc2ccccc2-3)cc1. The topological polar surface area (TPSA) is 280 Å². The number of hydroxylamine groups is 1. The molecule has 24 nitrogen and oxygen atoms in total. The number of allylic oxidation sites excluding steroid dienone is 1. The van der Waals surface area contributed by atoms with Crippen molar-refractivity contribution in [3.05, 3.63) is 178 Å². The number of nitrogens with zero attached hydrogens (tertiary/aromatic N) is 11. The van der Waals surface area contributed by atoms with Crippen molar-refractivity contribution in [2.45, 2.75) is 376 Å². The Balaban J connectivity index is 0.000000207. The first kappa shape index (κ1) is 112. The van der Waals surface area contributed by atoms with Crippen molar-refractivity contribution in [2.24, 2.45) is 5.92 Å². The summed E-state index contributed by atoms with van der Waals surface area (Å²) in [6.45, 7) is 17.3. The molecule has 1 aliphatic heterocycles. The van der Waals surface area contributed by atoms with Gasteiger partial charge >= 0.3 is 5.69 Å². The predicted octanol–water partition coefficient (Wildman–Crippen LogP) is 31.6. The zero-order valence-electron chi connectivity index (χ0n) is 82.1. The summed E-state index contributed by atoms with van der Waals surface area (Å²) in [4.78, 5) is 43.7. The second-order valence-corrected chi connectivity index (χ2v) is 40.6. The van der Waals surface area contributed by atoms with E-state index in [0.717, 1.165) is 107 Å². The Morgan fingerprint density at radius 2 is 1.06 bits per heavy atom. The number of hydrogen-bond donors (Lipinski definition) is 6. The minimum Gasteiger partial charge on any atom is -0.494 e. The van der Waals surface area contributed by atoms with Crippen molar-refractivity contribution in [3.63, 3.8) is 0 Å². The van der Waals surface area contributed by atoms with E-state index >= 15 is 0 Å². The van der Waals surface area contributed by atoms with Crippen LogP contribution in [0.1, 0.15) is 372 Å². The molecule has 7 aromatic heterocycles. The number of aryl methyl sites for hydroxylation is 2. The van der Waals surface area contributed by atoms with Crippen LogP contribution in [-0.4, -0.2) is 96.1 Å². The van der Waals surface area contributed by atoms with Crippen LogP contribution >= 0.6 is 70.2 Å². The third-order valence-corrected chi connectivity index (χ3v) is 28.3. The van der Waals surface area contributed by atoms with Crippen LogP contribution in [0.4, 0.5) is 11.5 Å². The fourth-order valence-electron chi connectivity index (χ4n) is 16.5. The van der Waals surface area contributed by atoms with E-state index in [4.69, 9.17) is 94.7 Å². The minimum atomic E-state index is -3.37. The molecule has 1 aliphatic rings. The summed E-state index contributed by atoms with van der Waals surface area (Å²) < 4.78 is 40.5. The zero-order valence-corrected chi connectivity index (χ0v) is 87.5. The standard InChI is InChI=1S/C34H53Cl2N5O3.C27H35ClN4O2S.C24H33ClN4OS.C20H33ClN4O/c1-4-5-6-7-8-9-10-11-12-13-14-15-16-17-18-19-22-43-44-26-32(27(2)3)40-42-25-29-24-33-37-38-34(41(33)39-29)28-20-21-30(35)31(36)23-28;1-2-3-4-5-6-7-8-9-12-19-35(33,34)31-23-17-15-21(16-18-23)26-25(28)27-29-20-22-13-10-11-14-24(22)32(27)30-26;1-3-4-5-6-7-8-9-10-11-12-17-30-20-15-13-19(14-16-20)22-26-23-21(25)18(2)28-29(23)24(31)27-22;1-2-3-4-5-6-7-8-9-10-11-12-13-14-15-17-18(21)19-22-16-23-20(26)25(19)24-17/h20-21,23-24,26-27,39-40H,4-19,22,25H2,1-3H3;10-11,13-18,29,31H,2-9,12,19-20H2,1H3;13-16,28H,3-12,17H2,1-2H3;16H,2-15H2,1H3,(H,22,23,26)/b32-26-;;;. The second kappa shape index (κ2) is 64.3. The second-order valence-electron chi connectivity index (χ2n) is 36.5. The number of rotatable bonds is 65. The molecule has 136 heavy (non-hydrogen) atoms. The Morgan fingerprint density at radius 3 is 1.61 bits per heavy atom. The molecule has 0 aliphatic carbocycles. The smallest absolute Gasteiger partial charge is 0.349 e. The van der Waals surface area contributed by atoms with Crippen LogP contribution in [-0.2, 0) is 44.2 Å². The molecule has 0 atom stereocenters. The monoisotopic (exact) mass is 2000 g/mol. The average Bonchev–Trinajstić information content (AvgIpc) is 1.60. The molecule has 31 heteroatoms. The maximum atomic E-state index is 12.5. The molecule has 0 fully saturated rings. The van der Waals surface area contributed by atoms with Crippen LogP contribution < -0.4 is 25.9 Å². The summed E-state index contributed by atoms with van der Waals surface area (Å²) in [7, 11) is -3.37. The lowest BCUT2D eigenvalue weighted by Crippen LogP contribution is -2.18. The van der Waals surface area contributed by atoms with Gasteiger partial charge in [-0.25, -0.2) is 36.9 Å². The summed E-state index contributed by atoms with van der Waals surface area (Å²) in [5.41, 5.74) is 13.5. The highest BCUT2D eigenvalue weighted by molar-refractivity contribution is 7.92. The van der Waals surface area contributed by atoms with Crippen molar-refractivity contribution < 1.29 is 27.8 Å². The molecule has 748 valence electrons. The first-order chi connectivity index (χ1) is 66.3. The van der Waals surface area contributed by atoms with Gasteiger partial charge in [-0.3, -0.25) is 30.2 Å². The Kier molecular flexibility index (Phi) is 52.8. The van der Waals surface area contributed by atoms with E-state index < -0.39 is 10.0 Å². The Morgan fingerprint density at radius 1 is 0.537 bits per heavy atom. The highest BCUT2D eigenvalue weighted by Gasteiger charge is 2.25. The third-order valence-electron chi connectivity index (χ3n) is 24.7. The van der Waals surface area contributed by atoms with E-state index in [2.05, 4.69) is 109 Å². The van der Waals surface area contributed by atoms with Crippen LogP contribution in [0.3, 0.4) is 0 Å². The molecule has 0 saturated carbocycles. The summed E-state index contributed by atoms with van der Waals surface area (Å²) in [6, 6.07) is 30.4. The molecule has 6 N–H and O–H groups in total. The van der Waals surface area contributed by atoms with Gasteiger partial charge in [0.25, 0.3) is 0 Å². The van der Waals surface area contributed by atoms with Gasteiger partial charge in [-0.2, -0.15) is 24.6 Å². The molecular weight excluding hydrogens is 1850 g/mol. The highest BCUT2D eigenvalue weighted by atomic mass is 35.5. The summed E-state index contributed by atoms with van der Waals surface area (Å²) in [5, 5.41) is 29.8. The van der Waals surface area contributed by atoms with Gasteiger partial charge in [0.2, 0.25) is 14.8 Å². The highest BCUT2D eigenvalue weighted by Crippen LogP contribution is 2.40. The van der Waals surface area contributed by atoms with Gasteiger partial charge in [0.1, 0.15) is 38.9 Å². The van der Waals surface area contributed by atoms with Gasteiger partial charge in [-0.05, 0) is 123 Å². The molecule has 12 rings (SSSR count). The largest absolute Gasteiger partial charge is 0.494 e. The minimum absolute atomic E-state index is 0.148. The number of sulfonamides is 1. The normalized spacial score (nSPS) is 11.9. The molecule has 0 radical (unpaired) electrons. The number of aromatic nitrogens is 14. The molecule has 0 amide bonds. The summed E-state index contributed by atoms with van der Waals surface area (Å²) in [5.74, 6) is 3.15. The number of H-pyrrole nitrogens is 3. The Hall–Kier alpha value is -8.05. The molecule has 0 bridgehead atoms. The predicted molar refractivity (Wildman–Crippen MR) is 565 cm³/mol. The van der Waals surface area contributed by atoms with Gasteiger partial charge in [-0.1, -0.05) is 412 Å². The van der Waals surface area contributed by atoms with Crippen LogP contribution in [0.5, 0.6) is 5.75 Å². The van der Waals surface area contributed by atoms with E-state index in [1.54, 1.807) is 39.6 Å². The van der Waals surface area contributed by atoms with Crippen molar-refractivity contribution in [2.75, 3.05) is 29.0 Å². The lowest BCUT2D eigenvalue weighted by Gasteiger charge is -2.19. The number of para-hydroxylation sites is 1. The van der Waals surface area contributed by atoms with Crippen molar-refractivity contribution >= 4 is 109 Å². The number of ether oxygens (including phenoxy) is 1. The maximum absolute atomic E-state index is 12.5. The number of unbranched alkanes of at least 4 members (excludes halogenated alkanes) is 44. The van der Waals surface area contributed by atoms with Gasteiger partial charge in [0.15, 0.2) is 34.9 Å². The number of hydrogen-bond acceptors (Lipinski definition) is 17. The third kappa shape index (κ3) is 39.2. The van der Waals surface area contributed by atoms with Gasteiger partial charge in [-0.15, -0.1) is 10.2 Å². The van der Waals surface area contributed by atoms with Gasteiger partial charge in [0.05, 0.1) is 63.8 Å². The first-order valence-electron chi connectivity index (χ1n) is 51.3. The van der Waals surface area contributed by atoms with E-state index in [9.17, 15) is 13.2 Å². The fourth-order valence-corrected chi connectivity index (χ4v) is 19.0. The number of benzene rings is 4. The average molecular weight is 2010 g/mol. The number of nitrogens with one attached hydrogen (secondary N) is 6. The molecule has 4 aromatic carbocycles. The van der Waals surface area contributed by atoms with Crippen LogP contribution in [0.15, 0.2) is 120 Å². The summed E-state index contributed by atoms with van der Waals surface area (Å²) >= 11 is 36.9. The van der Waals surface area contributed by atoms with E-state index in [-0.39, 0.29) is 24.0 Å². The van der Waals surface area contributed by atoms with Gasteiger partial charge < -0.3 is 14.9 Å². The van der Waals surface area contributed by atoms with Crippen molar-refractivity contribution in [1.82, 2.24) is 74.2 Å². The number of anilines is 2. The summed E-state index contributed by atoms with van der Waals surface area (Å²) in [6.07, 6.45) is 66.3. The molecule has 11 aromatic rings. The quantitative estimate of drug-likeness (QED) is 0.00679. The lowest BCUT2D eigenvalue weighted by atomic mass is 10.0. The van der Waals surface area contributed by atoms with Crippen LogP contribution in [0.25, 0.3) is 56.7 Å². The maximum Gasteiger partial charge on any atom is 0.349 e. The number of fused-ring (bicyclic) bond motifs is 6. The number of aromatic amines is 3. The first-order valence-corrected chi connectivity index (χ1v) is 55.2. The van der Waals surface area contributed by atoms with E-state index in [1.807, 2.05) is 78.3 Å². The molecule has 8 heterocycles. The van der Waals surface area contributed by atoms with Gasteiger partial charge in [0, 0.05) is 35.0 Å².